The Hall–Kier alpha value is -1.00. The molecule has 2 rings (SSSR count). The summed E-state index contributed by atoms with van der Waals surface area (Å²) < 4.78 is 0.978. The second kappa shape index (κ2) is 4.02. The Labute approximate surface area is 94.3 Å². The van der Waals surface area contributed by atoms with E-state index in [1.807, 2.05) is 24.3 Å². The molecule has 3 nitrogen and oxygen atoms in total. The molecule has 1 heterocycles. The van der Waals surface area contributed by atoms with Crippen LogP contribution < -0.4 is 0 Å². The van der Waals surface area contributed by atoms with Crippen molar-refractivity contribution in [3.8, 4) is 11.4 Å². The minimum atomic E-state index is 0.204. The second-order valence-electron chi connectivity index (χ2n) is 2.59. The maximum Gasteiger partial charge on any atom is 0.225 e. The number of benzene rings is 1. The summed E-state index contributed by atoms with van der Waals surface area (Å²) in [6.07, 6.45) is 1.39. The highest BCUT2D eigenvalue weighted by Gasteiger charge is 2.02. The number of rotatable bonds is 1. The van der Waals surface area contributed by atoms with Gasteiger partial charge in [-0.05, 0) is 23.7 Å². The summed E-state index contributed by atoms with van der Waals surface area (Å²) in [7, 11) is 0. The van der Waals surface area contributed by atoms with Crippen LogP contribution in [-0.2, 0) is 0 Å². The Morgan fingerprint density at radius 1 is 1.21 bits per heavy atom. The van der Waals surface area contributed by atoms with Crippen molar-refractivity contribution in [2.75, 3.05) is 0 Å². The third-order valence-corrected chi connectivity index (χ3v) is 2.30. The minimum absolute atomic E-state index is 0.204. The van der Waals surface area contributed by atoms with Gasteiger partial charge < -0.3 is 0 Å². The third kappa shape index (κ3) is 2.08. The van der Waals surface area contributed by atoms with Crippen LogP contribution in [0, 0.1) is 0 Å². The average molecular weight is 271 g/mol. The molecule has 0 unspecified atom stereocenters. The topological polar surface area (TPSA) is 38.7 Å². The van der Waals surface area contributed by atoms with Crippen LogP contribution in [-0.4, -0.2) is 15.0 Å². The van der Waals surface area contributed by atoms with Gasteiger partial charge in [-0.25, -0.2) is 9.97 Å². The van der Waals surface area contributed by atoms with E-state index in [1.165, 1.54) is 6.33 Å². The van der Waals surface area contributed by atoms with Crippen molar-refractivity contribution in [1.82, 2.24) is 15.0 Å². The molecule has 0 spiro atoms. The third-order valence-electron chi connectivity index (χ3n) is 1.63. The standard InChI is InChI=1S/C9H5BrClN3/c10-7-3-1-2-6(4-7)8-12-5-13-9(11)14-8/h1-5H. The van der Waals surface area contributed by atoms with Gasteiger partial charge in [0.1, 0.15) is 6.33 Å². The molecular formula is C9H5BrClN3. The first kappa shape index (κ1) is 9.55. The van der Waals surface area contributed by atoms with Crippen LogP contribution in [0.3, 0.4) is 0 Å². The van der Waals surface area contributed by atoms with Gasteiger partial charge in [0.05, 0.1) is 0 Å². The minimum Gasteiger partial charge on any atom is -0.216 e. The number of aromatic nitrogens is 3. The average Bonchev–Trinajstić information content (AvgIpc) is 2.18. The number of halogens is 2. The molecule has 0 atom stereocenters. The molecule has 14 heavy (non-hydrogen) atoms. The Bertz CT molecular complexity index is 418. The lowest BCUT2D eigenvalue weighted by atomic mass is 10.2. The van der Waals surface area contributed by atoms with Crippen LogP contribution in [0.1, 0.15) is 0 Å². The zero-order chi connectivity index (χ0) is 9.97. The maximum atomic E-state index is 5.66. The first-order valence-electron chi connectivity index (χ1n) is 3.86. The number of hydrogen-bond acceptors (Lipinski definition) is 3. The van der Waals surface area contributed by atoms with E-state index in [1.54, 1.807) is 0 Å². The van der Waals surface area contributed by atoms with Crippen LogP contribution in [0.2, 0.25) is 5.28 Å². The number of hydrogen-bond donors (Lipinski definition) is 0. The zero-order valence-electron chi connectivity index (χ0n) is 6.98. The van der Waals surface area contributed by atoms with E-state index < -0.39 is 0 Å². The van der Waals surface area contributed by atoms with Gasteiger partial charge in [0.2, 0.25) is 5.28 Å². The normalized spacial score (nSPS) is 10.1. The summed E-state index contributed by atoms with van der Waals surface area (Å²) in [6, 6.07) is 7.69. The van der Waals surface area contributed by atoms with Crippen molar-refractivity contribution in [2.45, 2.75) is 0 Å². The lowest BCUT2D eigenvalue weighted by Gasteiger charge is -1.99. The molecule has 0 aliphatic rings. The Balaban J connectivity index is 2.49. The Morgan fingerprint density at radius 2 is 2.07 bits per heavy atom. The predicted octanol–water partition coefficient (Wildman–Crippen LogP) is 2.95. The van der Waals surface area contributed by atoms with Gasteiger partial charge >= 0.3 is 0 Å². The van der Waals surface area contributed by atoms with Gasteiger partial charge in [0.15, 0.2) is 5.82 Å². The van der Waals surface area contributed by atoms with E-state index in [4.69, 9.17) is 11.6 Å². The predicted molar refractivity (Wildman–Crippen MR) is 58.0 cm³/mol. The molecule has 1 aromatic carbocycles. The molecule has 0 N–H and O–H groups in total. The molecule has 0 amide bonds. The molecule has 1 aromatic heterocycles. The Kier molecular flexibility index (Phi) is 2.74. The van der Waals surface area contributed by atoms with E-state index in [-0.39, 0.29) is 5.28 Å². The molecule has 5 heteroatoms. The smallest absolute Gasteiger partial charge is 0.216 e. The summed E-state index contributed by atoms with van der Waals surface area (Å²) in [6.45, 7) is 0. The molecule has 2 aromatic rings. The monoisotopic (exact) mass is 269 g/mol. The van der Waals surface area contributed by atoms with Crippen molar-refractivity contribution < 1.29 is 0 Å². The highest BCUT2D eigenvalue weighted by atomic mass is 79.9. The fourth-order valence-electron chi connectivity index (χ4n) is 1.04. The van der Waals surface area contributed by atoms with Crippen molar-refractivity contribution in [3.63, 3.8) is 0 Å². The van der Waals surface area contributed by atoms with Crippen molar-refractivity contribution >= 4 is 27.5 Å². The van der Waals surface area contributed by atoms with Crippen LogP contribution in [0.15, 0.2) is 35.1 Å². The SMILES string of the molecule is Clc1ncnc(-c2cccc(Br)c2)n1. The molecular weight excluding hydrogens is 265 g/mol. The van der Waals surface area contributed by atoms with Crippen LogP contribution in [0.5, 0.6) is 0 Å². The number of nitrogens with zero attached hydrogens (tertiary/aromatic N) is 3. The quantitative estimate of drug-likeness (QED) is 0.800. The van der Waals surface area contributed by atoms with Gasteiger partial charge in [-0.3, -0.25) is 0 Å². The van der Waals surface area contributed by atoms with E-state index >= 15 is 0 Å². The van der Waals surface area contributed by atoms with Crippen molar-refractivity contribution in [3.05, 3.63) is 40.3 Å². The summed E-state index contributed by atoms with van der Waals surface area (Å²) in [5.41, 5.74) is 0.906. The van der Waals surface area contributed by atoms with E-state index in [9.17, 15) is 0 Å². The fraction of sp³-hybridized carbons (Fsp3) is 0. The largest absolute Gasteiger partial charge is 0.225 e. The molecule has 70 valence electrons. The lowest BCUT2D eigenvalue weighted by Crippen LogP contribution is -1.90. The van der Waals surface area contributed by atoms with Gasteiger partial charge in [0.25, 0.3) is 0 Å². The van der Waals surface area contributed by atoms with Crippen molar-refractivity contribution in [1.29, 1.82) is 0 Å². The second-order valence-corrected chi connectivity index (χ2v) is 3.84. The highest BCUT2D eigenvalue weighted by Crippen LogP contribution is 2.19. The van der Waals surface area contributed by atoms with Crippen molar-refractivity contribution in [2.24, 2.45) is 0 Å². The fourth-order valence-corrected chi connectivity index (χ4v) is 1.57. The summed E-state index contributed by atoms with van der Waals surface area (Å²) in [5, 5.41) is 0.204. The van der Waals surface area contributed by atoms with E-state index in [0.717, 1.165) is 10.0 Å². The van der Waals surface area contributed by atoms with Gasteiger partial charge in [0, 0.05) is 10.0 Å². The molecule has 0 aliphatic heterocycles. The van der Waals surface area contributed by atoms with Crippen LogP contribution >= 0.6 is 27.5 Å². The first-order valence-corrected chi connectivity index (χ1v) is 5.03. The van der Waals surface area contributed by atoms with Crippen LogP contribution in [0.25, 0.3) is 11.4 Å². The molecule has 0 fully saturated rings. The van der Waals surface area contributed by atoms with E-state index in [2.05, 4.69) is 30.9 Å². The molecule has 0 saturated heterocycles. The highest BCUT2D eigenvalue weighted by molar-refractivity contribution is 9.10. The van der Waals surface area contributed by atoms with Gasteiger partial charge in [-0.1, -0.05) is 28.1 Å². The van der Waals surface area contributed by atoms with Gasteiger partial charge in [-0.2, -0.15) is 4.98 Å². The summed E-state index contributed by atoms with van der Waals surface area (Å²) in [5.74, 6) is 0.575. The van der Waals surface area contributed by atoms with Gasteiger partial charge in [-0.15, -0.1) is 0 Å². The first-order chi connectivity index (χ1) is 6.75. The summed E-state index contributed by atoms with van der Waals surface area (Å²) in [4.78, 5) is 11.7. The lowest BCUT2D eigenvalue weighted by molar-refractivity contribution is 1.06. The zero-order valence-corrected chi connectivity index (χ0v) is 9.33. The maximum absolute atomic E-state index is 5.66. The summed E-state index contributed by atoms with van der Waals surface area (Å²) >= 11 is 9.03. The van der Waals surface area contributed by atoms with Crippen LogP contribution in [0.4, 0.5) is 0 Å². The molecule has 0 aliphatic carbocycles. The van der Waals surface area contributed by atoms with E-state index in [0.29, 0.717) is 5.82 Å². The Morgan fingerprint density at radius 3 is 2.79 bits per heavy atom. The molecule has 0 saturated carbocycles. The molecule has 0 radical (unpaired) electrons. The molecule has 0 bridgehead atoms.